The highest BCUT2D eigenvalue weighted by Gasteiger charge is 2.17. The van der Waals surface area contributed by atoms with Crippen LogP contribution in [0, 0.1) is 0 Å². The van der Waals surface area contributed by atoms with Gasteiger partial charge in [0.2, 0.25) is 16.5 Å². The summed E-state index contributed by atoms with van der Waals surface area (Å²) in [5, 5.41) is 6.78. The van der Waals surface area contributed by atoms with Gasteiger partial charge in [0.25, 0.3) is 0 Å². The van der Waals surface area contributed by atoms with Crippen LogP contribution in [0.3, 0.4) is 0 Å². The monoisotopic (exact) mass is 408 g/mol. The summed E-state index contributed by atoms with van der Waals surface area (Å²) in [5.74, 6) is -0.705. The van der Waals surface area contributed by atoms with E-state index >= 15 is 0 Å². The van der Waals surface area contributed by atoms with Crippen LogP contribution in [0.15, 0.2) is 48.5 Å². The van der Waals surface area contributed by atoms with Crippen molar-refractivity contribution in [1.82, 2.24) is 14.8 Å². The molecule has 0 aliphatic carbocycles. The Morgan fingerprint density at radius 2 is 1.77 bits per heavy atom. The molecular formula is C17H11Cl3N4O2. The van der Waals surface area contributed by atoms with E-state index in [1.54, 1.807) is 36.4 Å². The molecular weight excluding hydrogens is 399 g/mol. The van der Waals surface area contributed by atoms with Crippen LogP contribution in [0.4, 0.5) is 5.69 Å². The molecule has 3 rings (SSSR count). The van der Waals surface area contributed by atoms with E-state index in [4.69, 9.17) is 34.8 Å². The molecule has 0 saturated heterocycles. The number of benzene rings is 2. The Balaban J connectivity index is 1.85. The third kappa shape index (κ3) is 4.22. The number of amides is 1. The van der Waals surface area contributed by atoms with E-state index in [1.165, 1.54) is 6.07 Å². The van der Waals surface area contributed by atoms with Gasteiger partial charge in [-0.1, -0.05) is 41.9 Å². The maximum Gasteiger partial charge on any atom is 0.246 e. The molecule has 9 heteroatoms. The van der Waals surface area contributed by atoms with Crippen LogP contribution in [-0.4, -0.2) is 26.5 Å². The molecule has 26 heavy (non-hydrogen) atoms. The SMILES string of the molecule is O=C(Cn1nc(Cl)nc1Cl)Nc1ccc(Cl)cc1C(=O)c1ccccc1. The molecule has 3 aromatic rings. The van der Waals surface area contributed by atoms with Crippen LogP contribution >= 0.6 is 34.8 Å². The fraction of sp³-hybridized carbons (Fsp3) is 0.0588. The normalized spacial score (nSPS) is 10.6. The van der Waals surface area contributed by atoms with Crippen molar-refractivity contribution in [3.8, 4) is 0 Å². The molecule has 2 aromatic carbocycles. The number of halogens is 3. The van der Waals surface area contributed by atoms with Gasteiger partial charge in [0, 0.05) is 16.1 Å². The summed E-state index contributed by atoms with van der Waals surface area (Å²) in [5.41, 5.74) is 1.09. The highest BCUT2D eigenvalue weighted by Crippen LogP contribution is 2.24. The largest absolute Gasteiger partial charge is 0.324 e. The molecule has 0 spiro atoms. The van der Waals surface area contributed by atoms with Crippen LogP contribution in [0.25, 0.3) is 0 Å². The average molecular weight is 410 g/mol. The first-order valence-electron chi connectivity index (χ1n) is 7.39. The number of hydrogen-bond donors (Lipinski definition) is 1. The molecule has 0 bridgehead atoms. The third-order valence-corrected chi connectivity index (χ3v) is 4.11. The van der Waals surface area contributed by atoms with Crippen molar-refractivity contribution in [3.05, 3.63) is 75.2 Å². The number of nitrogens with one attached hydrogen (secondary N) is 1. The van der Waals surface area contributed by atoms with Gasteiger partial charge in [-0.3, -0.25) is 9.59 Å². The Bertz CT molecular complexity index is 973. The van der Waals surface area contributed by atoms with Gasteiger partial charge in [-0.15, -0.1) is 5.10 Å². The predicted molar refractivity (Wildman–Crippen MR) is 100.0 cm³/mol. The number of rotatable bonds is 5. The van der Waals surface area contributed by atoms with Crippen LogP contribution in [0.2, 0.25) is 15.6 Å². The molecule has 132 valence electrons. The zero-order valence-electron chi connectivity index (χ0n) is 13.1. The lowest BCUT2D eigenvalue weighted by Gasteiger charge is -2.11. The molecule has 0 aliphatic heterocycles. The Labute approximate surface area is 163 Å². The third-order valence-electron chi connectivity index (χ3n) is 3.43. The lowest BCUT2D eigenvalue weighted by Crippen LogP contribution is -2.21. The van der Waals surface area contributed by atoms with Gasteiger partial charge in [-0.05, 0) is 41.4 Å². The molecule has 0 unspecified atom stereocenters. The van der Waals surface area contributed by atoms with Crippen molar-refractivity contribution in [2.45, 2.75) is 6.54 Å². The van der Waals surface area contributed by atoms with Crippen LogP contribution in [-0.2, 0) is 11.3 Å². The number of hydrogen-bond acceptors (Lipinski definition) is 4. The second-order valence-electron chi connectivity index (χ2n) is 5.24. The van der Waals surface area contributed by atoms with Crippen LogP contribution in [0.1, 0.15) is 15.9 Å². The maximum atomic E-state index is 12.7. The first-order chi connectivity index (χ1) is 12.4. The van der Waals surface area contributed by atoms with E-state index in [9.17, 15) is 9.59 Å². The number of nitrogens with zero attached hydrogens (tertiary/aromatic N) is 3. The Hall–Kier alpha value is -2.41. The van der Waals surface area contributed by atoms with E-state index in [1.807, 2.05) is 6.07 Å². The zero-order valence-corrected chi connectivity index (χ0v) is 15.4. The van der Waals surface area contributed by atoms with Gasteiger partial charge in [0.05, 0.1) is 5.69 Å². The van der Waals surface area contributed by atoms with E-state index in [-0.39, 0.29) is 28.5 Å². The summed E-state index contributed by atoms with van der Waals surface area (Å²) in [6.45, 7) is -0.208. The van der Waals surface area contributed by atoms with Crippen LogP contribution < -0.4 is 5.32 Å². The van der Waals surface area contributed by atoms with Gasteiger partial charge >= 0.3 is 0 Å². The molecule has 1 N–H and O–H groups in total. The number of carbonyl (C=O) groups excluding carboxylic acids is 2. The smallest absolute Gasteiger partial charge is 0.246 e. The number of carbonyl (C=O) groups is 2. The minimum atomic E-state index is -0.446. The first-order valence-corrected chi connectivity index (χ1v) is 8.52. The number of ketones is 1. The molecule has 0 radical (unpaired) electrons. The lowest BCUT2D eigenvalue weighted by molar-refractivity contribution is -0.116. The summed E-state index contributed by atoms with van der Waals surface area (Å²) < 4.78 is 1.15. The second-order valence-corrected chi connectivity index (χ2v) is 6.35. The summed E-state index contributed by atoms with van der Waals surface area (Å²) in [7, 11) is 0. The minimum Gasteiger partial charge on any atom is -0.324 e. The van der Waals surface area contributed by atoms with Gasteiger partial charge in [0.1, 0.15) is 6.54 Å². The van der Waals surface area contributed by atoms with Crippen molar-refractivity contribution < 1.29 is 9.59 Å². The van der Waals surface area contributed by atoms with Crippen molar-refractivity contribution in [2.75, 3.05) is 5.32 Å². The molecule has 1 aromatic heterocycles. The van der Waals surface area contributed by atoms with Crippen molar-refractivity contribution >= 4 is 52.2 Å². The Kier molecular flexibility index (Phi) is 5.56. The van der Waals surface area contributed by atoms with E-state index in [2.05, 4.69) is 15.4 Å². The molecule has 1 heterocycles. The molecule has 0 aliphatic rings. The fourth-order valence-electron chi connectivity index (χ4n) is 2.28. The number of aromatic nitrogens is 3. The van der Waals surface area contributed by atoms with Gasteiger partial charge in [0.15, 0.2) is 5.78 Å². The molecule has 0 fully saturated rings. The Morgan fingerprint density at radius 1 is 1.04 bits per heavy atom. The van der Waals surface area contributed by atoms with Gasteiger partial charge in [-0.2, -0.15) is 4.98 Å². The summed E-state index contributed by atoms with van der Waals surface area (Å²) in [6, 6.07) is 13.3. The predicted octanol–water partition coefficient (Wildman–Crippen LogP) is 4.11. The lowest BCUT2D eigenvalue weighted by atomic mass is 10.0. The maximum absolute atomic E-state index is 12.7. The summed E-state index contributed by atoms with van der Waals surface area (Å²) in [6.07, 6.45) is 0. The van der Waals surface area contributed by atoms with Gasteiger partial charge < -0.3 is 5.32 Å². The fourth-order valence-corrected chi connectivity index (χ4v) is 2.85. The highest BCUT2D eigenvalue weighted by molar-refractivity contribution is 6.32. The zero-order chi connectivity index (χ0) is 18.7. The van der Waals surface area contributed by atoms with Crippen molar-refractivity contribution in [1.29, 1.82) is 0 Å². The first kappa shape index (κ1) is 18.4. The highest BCUT2D eigenvalue weighted by atomic mass is 35.5. The summed E-state index contributed by atoms with van der Waals surface area (Å²) in [4.78, 5) is 28.7. The van der Waals surface area contributed by atoms with Crippen molar-refractivity contribution in [3.63, 3.8) is 0 Å². The van der Waals surface area contributed by atoms with E-state index in [0.717, 1.165) is 4.68 Å². The quantitative estimate of drug-likeness (QED) is 0.643. The van der Waals surface area contributed by atoms with E-state index in [0.29, 0.717) is 16.3 Å². The molecule has 0 atom stereocenters. The average Bonchev–Trinajstić information content (AvgIpc) is 2.93. The van der Waals surface area contributed by atoms with Gasteiger partial charge in [-0.25, -0.2) is 4.68 Å². The van der Waals surface area contributed by atoms with Crippen LogP contribution in [0.5, 0.6) is 0 Å². The molecule has 1 amide bonds. The molecule has 0 saturated carbocycles. The standard InChI is InChI=1S/C17H11Cl3N4O2/c18-11-6-7-13(12(8-11)15(26)10-4-2-1-3-5-10)21-14(25)9-24-17(20)22-16(19)23-24/h1-8H,9H2,(H,21,25). The minimum absolute atomic E-state index is 0.0122. The number of anilines is 1. The second kappa shape index (κ2) is 7.86. The summed E-state index contributed by atoms with van der Waals surface area (Å²) >= 11 is 17.5. The topological polar surface area (TPSA) is 76.9 Å². The Morgan fingerprint density at radius 3 is 2.42 bits per heavy atom. The molecule has 6 nitrogen and oxygen atoms in total. The van der Waals surface area contributed by atoms with Crippen molar-refractivity contribution in [2.24, 2.45) is 0 Å². The van der Waals surface area contributed by atoms with E-state index < -0.39 is 5.91 Å².